The molecule has 2 aromatic rings. The topological polar surface area (TPSA) is 42.8 Å². The van der Waals surface area contributed by atoms with Crippen molar-refractivity contribution in [1.82, 2.24) is 19.7 Å². The average molecular weight is 379 g/mol. The minimum absolute atomic E-state index is 0.166. The zero-order chi connectivity index (χ0) is 19.0. The molecule has 3 aliphatic heterocycles. The van der Waals surface area contributed by atoms with Crippen LogP contribution in [0.15, 0.2) is 54.7 Å². The number of fused-ring (bicyclic) bond motifs is 2. The third-order valence-corrected chi connectivity index (χ3v) is 6.70. The fraction of sp³-hybridized carbons (Fsp3) is 0.522. The second-order valence-corrected chi connectivity index (χ2v) is 8.86. The van der Waals surface area contributed by atoms with E-state index in [-0.39, 0.29) is 11.6 Å². The summed E-state index contributed by atoms with van der Waals surface area (Å²) in [5.74, 6) is 0. The zero-order valence-electron chi connectivity index (χ0n) is 16.5. The molecule has 4 heterocycles. The Labute approximate surface area is 167 Å². The van der Waals surface area contributed by atoms with Gasteiger partial charge in [0, 0.05) is 58.1 Å². The number of β-amino-alcohol motifs (C(OH)–C–C–N with tert-alkyl or cyclic N) is 1. The van der Waals surface area contributed by atoms with Crippen LogP contribution in [0.4, 0.5) is 0 Å². The van der Waals surface area contributed by atoms with Crippen molar-refractivity contribution in [1.29, 1.82) is 0 Å². The number of benzene rings is 1. The Morgan fingerprint density at radius 2 is 1.75 bits per heavy atom. The van der Waals surface area contributed by atoms with Gasteiger partial charge in [-0.2, -0.15) is 0 Å². The maximum atomic E-state index is 10.3. The molecule has 28 heavy (non-hydrogen) atoms. The predicted octanol–water partition coefficient (Wildman–Crippen LogP) is 1.63. The third-order valence-electron chi connectivity index (χ3n) is 6.70. The summed E-state index contributed by atoms with van der Waals surface area (Å²) in [5.41, 5.74) is 2.76. The summed E-state index contributed by atoms with van der Waals surface area (Å²) >= 11 is 0. The lowest BCUT2D eigenvalue weighted by atomic mass is 9.83. The molecule has 0 saturated carbocycles. The van der Waals surface area contributed by atoms with Gasteiger partial charge in [-0.05, 0) is 30.5 Å². The quantitative estimate of drug-likeness (QED) is 0.857. The lowest BCUT2D eigenvalue weighted by molar-refractivity contribution is -0.116. The minimum Gasteiger partial charge on any atom is -0.392 e. The van der Waals surface area contributed by atoms with Gasteiger partial charge in [0.05, 0.1) is 17.3 Å². The van der Waals surface area contributed by atoms with Crippen molar-refractivity contribution in [3.63, 3.8) is 0 Å². The van der Waals surface area contributed by atoms with Crippen molar-refractivity contribution >= 4 is 0 Å². The molecule has 1 aromatic heterocycles. The van der Waals surface area contributed by atoms with Gasteiger partial charge in [0.1, 0.15) is 0 Å². The number of hydrogen-bond acceptors (Lipinski definition) is 5. The van der Waals surface area contributed by atoms with Gasteiger partial charge in [-0.1, -0.05) is 36.4 Å². The van der Waals surface area contributed by atoms with Crippen LogP contribution in [0.1, 0.15) is 17.7 Å². The zero-order valence-corrected chi connectivity index (χ0v) is 16.5. The van der Waals surface area contributed by atoms with Crippen molar-refractivity contribution in [2.75, 3.05) is 39.3 Å². The second kappa shape index (κ2) is 7.56. The summed E-state index contributed by atoms with van der Waals surface area (Å²) in [6, 6.07) is 17.4. The maximum Gasteiger partial charge on any atom is 0.0682 e. The number of piperazine rings is 1. The van der Waals surface area contributed by atoms with Gasteiger partial charge < -0.3 is 5.11 Å². The van der Waals surface area contributed by atoms with Crippen molar-refractivity contribution in [3.8, 4) is 0 Å². The smallest absolute Gasteiger partial charge is 0.0682 e. The van der Waals surface area contributed by atoms with Gasteiger partial charge in [0.2, 0.25) is 0 Å². The van der Waals surface area contributed by atoms with Crippen LogP contribution in [0, 0.1) is 0 Å². The van der Waals surface area contributed by atoms with Crippen LogP contribution in [0.3, 0.4) is 0 Å². The first-order valence-corrected chi connectivity index (χ1v) is 10.5. The number of aromatic nitrogens is 1. The fourth-order valence-electron chi connectivity index (χ4n) is 5.52. The Kier molecular flexibility index (Phi) is 4.93. The number of aliphatic hydroxyl groups is 1. The van der Waals surface area contributed by atoms with E-state index in [1.807, 2.05) is 12.3 Å². The van der Waals surface area contributed by atoms with E-state index in [0.717, 1.165) is 64.3 Å². The highest BCUT2D eigenvalue weighted by atomic mass is 16.3. The van der Waals surface area contributed by atoms with Crippen molar-refractivity contribution in [2.24, 2.45) is 0 Å². The van der Waals surface area contributed by atoms with E-state index in [2.05, 4.69) is 62.1 Å². The molecule has 1 N–H and O–H groups in total. The van der Waals surface area contributed by atoms with Crippen molar-refractivity contribution < 1.29 is 5.11 Å². The summed E-state index contributed by atoms with van der Waals surface area (Å²) in [6.45, 7) is 7.23. The number of likely N-dealkylation sites (tertiary alicyclic amines) is 1. The van der Waals surface area contributed by atoms with E-state index < -0.39 is 0 Å². The normalized spacial score (nSPS) is 27.6. The fourth-order valence-corrected chi connectivity index (χ4v) is 5.52. The minimum atomic E-state index is -0.166. The monoisotopic (exact) mass is 378 g/mol. The van der Waals surface area contributed by atoms with E-state index in [1.54, 1.807) is 0 Å². The van der Waals surface area contributed by atoms with E-state index in [4.69, 9.17) is 0 Å². The molecule has 1 spiro atoms. The van der Waals surface area contributed by atoms with Crippen LogP contribution in [0.25, 0.3) is 0 Å². The lowest BCUT2D eigenvalue weighted by Crippen LogP contribution is -2.77. The summed E-state index contributed by atoms with van der Waals surface area (Å²) in [5, 5.41) is 10.3. The molecule has 5 nitrogen and oxygen atoms in total. The lowest BCUT2D eigenvalue weighted by Gasteiger charge is -2.61. The molecular formula is C23H30N4O. The molecule has 0 unspecified atom stereocenters. The highest BCUT2D eigenvalue weighted by Crippen LogP contribution is 2.39. The highest BCUT2D eigenvalue weighted by Gasteiger charge is 2.55. The summed E-state index contributed by atoms with van der Waals surface area (Å²) in [4.78, 5) is 12.3. The second-order valence-electron chi connectivity index (χ2n) is 8.86. The number of hydrogen-bond donors (Lipinski definition) is 1. The van der Waals surface area contributed by atoms with Gasteiger partial charge in [0.15, 0.2) is 0 Å². The summed E-state index contributed by atoms with van der Waals surface area (Å²) in [6.07, 6.45) is 3.73. The predicted molar refractivity (Wildman–Crippen MR) is 110 cm³/mol. The van der Waals surface area contributed by atoms with E-state index in [1.165, 1.54) is 5.56 Å². The third kappa shape index (κ3) is 3.60. The number of nitrogens with zero attached hydrogens (tertiary/aromatic N) is 4. The van der Waals surface area contributed by atoms with Gasteiger partial charge in [-0.3, -0.25) is 19.7 Å². The van der Waals surface area contributed by atoms with Crippen molar-refractivity contribution in [2.45, 2.75) is 37.1 Å². The first-order valence-electron chi connectivity index (χ1n) is 10.5. The molecule has 5 heteroatoms. The SMILES string of the molecule is O[C@@H]1C[C@@H]2CN(CCc3ccccc3)CC3(CN(Cc4ccccn4)C3)N2C1. The molecule has 5 rings (SSSR count). The molecule has 0 amide bonds. The van der Waals surface area contributed by atoms with Crippen LogP contribution in [-0.2, 0) is 13.0 Å². The van der Waals surface area contributed by atoms with Gasteiger partial charge >= 0.3 is 0 Å². The van der Waals surface area contributed by atoms with Gasteiger partial charge in [-0.25, -0.2) is 0 Å². The molecular weight excluding hydrogens is 348 g/mol. The Morgan fingerprint density at radius 3 is 2.54 bits per heavy atom. The standard InChI is InChI=1S/C23H30N4O/c28-22-12-21-14-25(11-9-19-6-2-1-3-7-19)16-23(27(21)15-22)17-26(18-23)13-20-8-4-5-10-24-20/h1-8,10,21-22,28H,9,11-18H2/t21-,22-/m1/s1. The van der Waals surface area contributed by atoms with E-state index in [9.17, 15) is 5.11 Å². The van der Waals surface area contributed by atoms with E-state index >= 15 is 0 Å². The number of rotatable bonds is 5. The first kappa shape index (κ1) is 18.3. The van der Waals surface area contributed by atoms with Crippen LogP contribution in [0.5, 0.6) is 0 Å². The Hall–Kier alpha value is -1.79. The molecule has 2 atom stereocenters. The average Bonchev–Trinajstić information content (AvgIpc) is 3.07. The van der Waals surface area contributed by atoms with Crippen LogP contribution in [0.2, 0.25) is 0 Å². The molecule has 3 aliphatic rings. The Bertz CT molecular complexity index is 778. The first-order chi connectivity index (χ1) is 13.7. The van der Waals surface area contributed by atoms with Crippen LogP contribution < -0.4 is 0 Å². The summed E-state index contributed by atoms with van der Waals surface area (Å²) < 4.78 is 0. The molecule has 0 radical (unpaired) electrons. The largest absolute Gasteiger partial charge is 0.392 e. The summed E-state index contributed by atoms with van der Waals surface area (Å²) in [7, 11) is 0. The Morgan fingerprint density at radius 1 is 0.964 bits per heavy atom. The van der Waals surface area contributed by atoms with Gasteiger partial charge in [-0.15, -0.1) is 0 Å². The molecule has 3 fully saturated rings. The molecule has 3 saturated heterocycles. The van der Waals surface area contributed by atoms with Crippen LogP contribution >= 0.6 is 0 Å². The van der Waals surface area contributed by atoms with Crippen LogP contribution in [-0.4, -0.2) is 81.7 Å². The number of pyridine rings is 1. The molecule has 148 valence electrons. The highest BCUT2D eigenvalue weighted by molar-refractivity contribution is 5.17. The molecule has 0 aliphatic carbocycles. The van der Waals surface area contributed by atoms with E-state index in [0.29, 0.717) is 6.04 Å². The van der Waals surface area contributed by atoms with Gasteiger partial charge in [0.25, 0.3) is 0 Å². The van der Waals surface area contributed by atoms with Crippen molar-refractivity contribution in [3.05, 3.63) is 66.0 Å². The Balaban J connectivity index is 1.25. The maximum absolute atomic E-state index is 10.3. The number of aliphatic hydroxyl groups excluding tert-OH is 1. The molecule has 0 bridgehead atoms. The molecule has 1 aromatic carbocycles.